The Morgan fingerprint density at radius 1 is 1.45 bits per heavy atom. The highest BCUT2D eigenvalue weighted by Gasteiger charge is 2.24. The van der Waals surface area contributed by atoms with Gasteiger partial charge in [0, 0.05) is 25.2 Å². The summed E-state index contributed by atoms with van der Waals surface area (Å²) < 4.78 is 0. The lowest BCUT2D eigenvalue weighted by atomic mass is 9.97. The number of piperidine rings is 1. The van der Waals surface area contributed by atoms with E-state index >= 15 is 0 Å². The van der Waals surface area contributed by atoms with E-state index in [1.54, 1.807) is 0 Å². The van der Waals surface area contributed by atoms with Crippen LogP contribution in [-0.2, 0) is 0 Å². The number of nitrogens with two attached hydrogens (primary N) is 1. The van der Waals surface area contributed by atoms with E-state index in [2.05, 4.69) is 5.32 Å². The maximum absolute atomic E-state index is 12.4. The molecule has 1 fully saturated rings. The highest BCUT2D eigenvalue weighted by molar-refractivity contribution is 5.94. The van der Waals surface area contributed by atoms with Gasteiger partial charge in [-0.25, -0.2) is 4.79 Å². The van der Waals surface area contributed by atoms with Crippen molar-refractivity contribution in [3.63, 3.8) is 0 Å². The third-order valence-electron chi connectivity index (χ3n) is 3.64. The van der Waals surface area contributed by atoms with Crippen LogP contribution in [0.15, 0.2) is 24.3 Å². The topological polar surface area (TPSA) is 75.4 Å². The molecule has 1 aliphatic rings. The number of hydrogen-bond donors (Lipinski definition) is 2. The number of nitrogens with one attached hydrogen (secondary N) is 1. The SMILES string of the molecule is Cc1cccc(C(=O)N2CCC[C@@H](CNC(N)=O)C2)c1. The molecule has 3 amide bonds. The second-order valence-electron chi connectivity index (χ2n) is 5.37. The summed E-state index contributed by atoms with van der Waals surface area (Å²) in [6.45, 7) is 3.96. The molecule has 1 saturated heterocycles. The molecule has 1 aliphatic heterocycles. The van der Waals surface area contributed by atoms with Gasteiger partial charge in [0.15, 0.2) is 0 Å². The van der Waals surface area contributed by atoms with Crippen LogP contribution in [0.25, 0.3) is 0 Å². The van der Waals surface area contributed by atoms with Gasteiger partial charge in [-0.15, -0.1) is 0 Å². The fourth-order valence-electron chi connectivity index (χ4n) is 2.62. The zero-order valence-electron chi connectivity index (χ0n) is 11.8. The molecule has 0 bridgehead atoms. The lowest BCUT2D eigenvalue weighted by Gasteiger charge is -2.32. The fraction of sp³-hybridized carbons (Fsp3) is 0.467. The number of nitrogens with zero attached hydrogens (tertiary/aromatic N) is 1. The molecule has 1 heterocycles. The molecule has 5 nitrogen and oxygen atoms in total. The molecule has 2 rings (SSSR count). The van der Waals surface area contributed by atoms with Crippen LogP contribution < -0.4 is 11.1 Å². The number of urea groups is 1. The normalized spacial score (nSPS) is 18.6. The number of carbonyl (C=O) groups is 2. The minimum absolute atomic E-state index is 0.0671. The van der Waals surface area contributed by atoms with Crippen LogP contribution in [0.3, 0.4) is 0 Å². The molecule has 0 radical (unpaired) electrons. The average Bonchev–Trinajstić information content (AvgIpc) is 2.44. The Labute approximate surface area is 119 Å². The molecule has 20 heavy (non-hydrogen) atoms. The number of hydrogen-bond acceptors (Lipinski definition) is 2. The molecule has 5 heteroatoms. The third kappa shape index (κ3) is 3.73. The summed E-state index contributed by atoms with van der Waals surface area (Å²) in [6, 6.07) is 7.13. The van der Waals surface area contributed by atoms with Crippen molar-refractivity contribution in [2.75, 3.05) is 19.6 Å². The van der Waals surface area contributed by atoms with Gasteiger partial charge in [0.2, 0.25) is 0 Å². The Kier molecular flexibility index (Phi) is 4.61. The zero-order valence-corrected chi connectivity index (χ0v) is 11.8. The van der Waals surface area contributed by atoms with Gasteiger partial charge in [0.25, 0.3) is 5.91 Å². The van der Waals surface area contributed by atoms with E-state index in [1.165, 1.54) is 0 Å². The summed E-state index contributed by atoms with van der Waals surface area (Å²) in [7, 11) is 0. The third-order valence-corrected chi connectivity index (χ3v) is 3.64. The van der Waals surface area contributed by atoms with Crippen molar-refractivity contribution in [1.82, 2.24) is 10.2 Å². The van der Waals surface area contributed by atoms with Crippen LogP contribution >= 0.6 is 0 Å². The maximum atomic E-state index is 12.4. The van der Waals surface area contributed by atoms with Crippen LogP contribution in [0.5, 0.6) is 0 Å². The fourth-order valence-corrected chi connectivity index (χ4v) is 2.62. The molecule has 0 saturated carbocycles. The maximum Gasteiger partial charge on any atom is 0.312 e. The minimum atomic E-state index is -0.507. The highest BCUT2D eigenvalue weighted by atomic mass is 16.2. The summed E-state index contributed by atoms with van der Waals surface area (Å²) in [4.78, 5) is 25.1. The molecule has 1 aromatic rings. The second kappa shape index (κ2) is 6.41. The lowest BCUT2D eigenvalue weighted by molar-refractivity contribution is 0.0675. The Morgan fingerprint density at radius 3 is 2.95 bits per heavy atom. The summed E-state index contributed by atoms with van der Waals surface area (Å²) in [5.41, 5.74) is 6.89. The van der Waals surface area contributed by atoms with Gasteiger partial charge in [-0.1, -0.05) is 17.7 Å². The first-order valence-electron chi connectivity index (χ1n) is 6.95. The summed E-state index contributed by atoms with van der Waals surface area (Å²) in [5, 5.41) is 2.62. The molecular weight excluding hydrogens is 254 g/mol. The number of primary amides is 1. The van der Waals surface area contributed by atoms with E-state index in [0.29, 0.717) is 13.1 Å². The molecule has 1 aromatic carbocycles. The van der Waals surface area contributed by atoms with Crippen molar-refractivity contribution in [2.45, 2.75) is 19.8 Å². The van der Waals surface area contributed by atoms with E-state index in [4.69, 9.17) is 5.73 Å². The molecule has 1 atom stereocenters. The first kappa shape index (κ1) is 14.4. The van der Waals surface area contributed by atoms with Crippen molar-refractivity contribution in [2.24, 2.45) is 11.7 Å². The second-order valence-corrected chi connectivity index (χ2v) is 5.37. The number of amides is 3. The number of carbonyl (C=O) groups excluding carboxylic acids is 2. The van der Waals surface area contributed by atoms with Gasteiger partial charge < -0.3 is 16.0 Å². The monoisotopic (exact) mass is 275 g/mol. The Hall–Kier alpha value is -2.04. The van der Waals surface area contributed by atoms with E-state index in [0.717, 1.165) is 30.5 Å². The van der Waals surface area contributed by atoms with Crippen molar-refractivity contribution in [1.29, 1.82) is 0 Å². The quantitative estimate of drug-likeness (QED) is 0.877. The molecule has 108 valence electrons. The van der Waals surface area contributed by atoms with E-state index < -0.39 is 6.03 Å². The van der Waals surface area contributed by atoms with Gasteiger partial charge in [0.1, 0.15) is 0 Å². The number of likely N-dealkylation sites (tertiary alicyclic amines) is 1. The smallest absolute Gasteiger partial charge is 0.312 e. The predicted molar refractivity (Wildman–Crippen MR) is 77.4 cm³/mol. The standard InChI is InChI=1S/C15H21N3O2/c1-11-4-2-6-13(8-11)14(19)18-7-3-5-12(10-18)9-17-15(16)20/h2,4,6,8,12H,3,5,7,9-10H2,1H3,(H3,16,17,20)/t12-/m0/s1. The van der Waals surface area contributed by atoms with Gasteiger partial charge >= 0.3 is 6.03 Å². The van der Waals surface area contributed by atoms with Crippen molar-refractivity contribution < 1.29 is 9.59 Å². The van der Waals surface area contributed by atoms with Gasteiger partial charge in [-0.3, -0.25) is 4.79 Å². The largest absolute Gasteiger partial charge is 0.352 e. The first-order chi connectivity index (χ1) is 9.56. The molecule has 0 unspecified atom stereocenters. The van der Waals surface area contributed by atoms with Gasteiger partial charge in [-0.05, 0) is 37.8 Å². The summed E-state index contributed by atoms with van der Waals surface area (Å²) in [5.74, 6) is 0.350. The minimum Gasteiger partial charge on any atom is -0.352 e. The van der Waals surface area contributed by atoms with E-state index in [1.807, 2.05) is 36.1 Å². The van der Waals surface area contributed by atoms with Gasteiger partial charge in [0.05, 0.1) is 0 Å². The van der Waals surface area contributed by atoms with E-state index in [9.17, 15) is 9.59 Å². The molecule has 0 spiro atoms. The van der Waals surface area contributed by atoms with Crippen molar-refractivity contribution in [3.05, 3.63) is 35.4 Å². The average molecular weight is 275 g/mol. The Balaban J connectivity index is 1.98. The zero-order chi connectivity index (χ0) is 14.5. The number of aryl methyl sites for hydroxylation is 1. The Morgan fingerprint density at radius 2 is 2.25 bits per heavy atom. The van der Waals surface area contributed by atoms with Crippen molar-refractivity contribution >= 4 is 11.9 Å². The first-order valence-corrected chi connectivity index (χ1v) is 6.95. The number of rotatable bonds is 3. The molecular formula is C15H21N3O2. The van der Waals surface area contributed by atoms with Crippen LogP contribution in [0.1, 0.15) is 28.8 Å². The van der Waals surface area contributed by atoms with Gasteiger partial charge in [-0.2, -0.15) is 0 Å². The summed E-state index contributed by atoms with van der Waals surface area (Å²) in [6.07, 6.45) is 1.97. The van der Waals surface area contributed by atoms with Crippen LogP contribution in [0, 0.1) is 12.8 Å². The Bertz CT molecular complexity index is 502. The lowest BCUT2D eigenvalue weighted by Crippen LogP contribution is -2.44. The van der Waals surface area contributed by atoms with Crippen LogP contribution in [0.2, 0.25) is 0 Å². The summed E-state index contributed by atoms with van der Waals surface area (Å²) >= 11 is 0. The van der Waals surface area contributed by atoms with Crippen LogP contribution in [0.4, 0.5) is 4.79 Å². The van der Waals surface area contributed by atoms with Crippen molar-refractivity contribution in [3.8, 4) is 0 Å². The van der Waals surface area contributed by atoms with E-state index in [-0.39, 0.29) is 11.8 Å². The number of benzene rings is 1. The molecule has 3 N–H and O–H groups in total. The highest BCUT2D eigenvalue weighted by Crippen LogP contribution is 2.18. The molecule has 0 aromatic heterocycles. The molecule has 0 aliphatic carbocycles. The van der Waals surface area contributed by atoms with Crippen LogP contribution in [-0.4, -0.2) is 36.5 Å². The predicted octanol–water partition coefficient (Wildman–Crippen LogP) is 1.52.